The molecule has 0 saturated heterocycles. The van der Waals surface area contributed by atoms with Crippen molar-refractivity contribution < 1.29 is 9.59 Å². The van der Waals surface area contributed by atoms with Gasteiger partial charge in [0.2, 0.25) is 0 Å². The molecule has 128 valence electrons. The highest BCUT2D eigenvalue weighted by Gasteiger charge is 2.26. The molecule has 0 aliphatic carbocycles. The number of amides is 2. The predicted molar refractivity (Wildman–Crippen MR) is 101 cm³/mol. The Morgan fingerprint density at radius 3 is 2.04 bits per heavy atom. The summed E-state index contributed by atoms with van der Waals surface area (Å²) in [6, 6.07) is 18.1. The SMILES string of the molecule is CC1=C(C)C[S@](=NC(=O)c2ccccc2)N(C(=O)c2ccccc2)C1. The maximum Gasteiger partial charge on any atom is 0.284 e. The molecule has 2 aromatic rings. The van der Waals surface area contributed by atoms with Gasteiger partial charge in [0, 0.05) is 27.8 Å². The Bertz CT molecular complexity index is 858. The van der Waals surface area contributed by atoms with E-state index in [1.54, 1.807) is 28.6 Å². The van der Waals surface area contributed by atoms with Crippen LogP contribution in [0.1, 0.15) is 34.6 Å². The Hall–Kier alpha value is -2.53. The molecule has 0 saturated carbocycles. The van der Waals surface area contributed by atoms with Crippen molar-refractivity contribution in [1.29, 1.82) is 0 Å². The van der Waals surface area contributed by atoms with Crippen molar-refractivity contribution in [2.45, 2.75) is 13.8 Å². The van der Waals surface area contributed by atoms with E-state index < -0.39 is 10.9 Å². The first-order valence-corrected chi connectivity index (χ1v) is 9.41. The zero-order valence-electron chi connectivity index (χ0n) is 14.3. The summed E-state index contributed by atoms with van der Waals surface area (Å²) in [6.45, 7) is 4.58. The van der Waals surface area contributed by atoms with Crippen molar-refractivity contribution in [2.75, 3.05) is 12.3 Å². The van der Waals surface area contributed by atoms with Gasteiger partial charge < -0.3 is 0 Å². The van der Waals surface area contributed by atoms with Crippen molar-refractivity contribution in [2.24, 2.45) is 4.36 Å². The van der Waals surface area contributed by atoms with Crippen molar-refractivity contribution in [3.63, 3.8) is 0 Å². The van der Waals surface area contributed by atoms with Gasteiger partial charge in [0.15, 0.2) is 0 Å². The normalized spacial score (nSPS) is 17.7. The third-order valence-electron chi connectivity index (χ3n) is 4.17. The first-order chi connectivity index (χ1) is 12.1. The number of hydrogen-bond acceptors (Lipinski definition) is 2. The zero-order valence-corrected chi connectivity index (χ0v) is 15.1. The van der Waals surface area contributed by atoms with Crippen LogP contribution in [0.3, 0.4) is 0 Å². The van der Waals surface area contributed by atoms with Crippen LogP contribution in [-0.2, 0) is 10.9 Å². The minimum Gasteiger partial charge on any atom is -0.269 e. The Morgan fingerprint density at radius 1 is 0.880 bits per heavy atom. The molecule has 0 unspecified atom stereocenters. The lowest BCUT2D eigenvalue weighted by Crippen LogP contribution is -2.39. The minimum atomic E-state index is -0.793. The lowest BCUT2D eigenvalue weighted by Gasteiger charge is -2.30. The summed E-state index contributed by atoms with van der Waals surface area (Å²) in [6.07, 6.45) is 0. The van der Waals surface area contributed by atoms with Gasteiger partial charge in [0.05, 0.1) is 6.54 Å². The van der Waals surface area contributed by atoms with E-state index in [4.69, 9.17) is 0 Å². The van der Waals surface area contributed by atoms with Gasteiger partial charge in [-0.3, -0.25) is 13.9 Å². The highest BCUT2D eigenvalue weighted by Crippen LogP contribution is 2.21. The average molecular weight is 352 g/mol. The van der Waals surface area contributed by atoms with E-state index in [-0.39, 0.29) is 11.8 Å². The number of nitrogens with zero attached hydrogens (tertiary/aromatic N) is 2. The van der Waals surface area contributed by atoms with E-state index in [0.29, 0.717) is 23.4 Å². The third kappa shape index (κ3) is 3.94. The lowest BCUT2D eigenvalue weighted by atomic mass is 10.1. The number of carbonyl (C=O) groups excluding carboxylic acids is 2. The molecule has 1 atom stereocenters. The summed E-state index contributed by atoms with van der Waals surface area (Å²) in [5, 5.41) is 0. The van der Waals surface area contributed by atoms with Crippen LogP contribution < -0.4 is 0 Å². The molecule has 1 aliphatic heterocycles. The van der Waals surface area contributed by atoms with Crippen LogP contribution in [-0.4, -0.2) is 28.4 Å². The van der Waals surface area contributed by atoms with E-state index in [2.05, 4.69) is 4.36 Å². The Kier molecular flexibility index (Phi) is 5.24. The minimum absolute atomic E-state index is 0.0830. The zero-order chi connectivity index (χ0) is 17.8. The first-order valence-electron chi connectivity index (χ1n) is 8.10. The fourth-order valence-corrected chi connectivity index (χ4v) is 4.41. The molecule has 25 heavy (non-hydrogen) atoms. The van der Waals surface area contributed by atoms with Gasteiger partial charge in [-0.2, -0.15) is 4.36 Å². The van der Waals surface area contributed by atoms with E-state index in [9.17, 15) is 9.59 Å². The van der Waals surface area contributed by atoms with Crippen LogP contribution in [0, 0.1) is 0 Å². The predicted octanol–water partition coefficient (Wildman–Crippen LogP) is 4.04. The van der Waals surface area contributed by atoms with Crippen LogP contribution in [0.2, 0.25) is 0 Å². The van der Waals surface area contributed by atoms with Crippen LogP contribution in [0.25, 0.3) is 0 Å². The lowest BCUT2D eigenvalue weighted by molar-refractivity contribution is 0.0875. The molecule has 0 spiro atoms. The van der Waals surface area contributed by atoms with E-state index in [1.165, 1.54) is 5.57 Å². The summed E-state index contributed by atoms with van der Waals surface area (Å²) in [5.41, 5.74) is 3.53. The molecule has 0 aromatic heterocycles. The molecule has 3 rings (SSSR count). The molecule has 1 aliphatic rings. The molecule has 1 heterocycles. The quantitative estimate of drug-likeness (QED) is 0.766. The number of carbonyl (C=O) groups is 2. The maximum absolute atomic E-state index is 12.9. The molecule has 5 heteroatoms. The monoisotopic (exact) mass is 352 g/mol. The summed E-state index contributed by atoms with van der Waals surface area (Å²) in [5.74, 6) is 0.255. The van der Waals surface area contributed by atoms with Gasteiger partial charge in [-0.25, -0.2) is 0 Å². The van der Waals surface area contributed by atoms with Crippen LogP contribution >= 0.6 is 0 Å². The standard InChI is InChI=1S/C20H20N2O2S/c1-15-13-22(20(24)18-11-7-4-8-12-18)25(14-16(15)2)21-19(23)17-9-5-3-6-10-17/h3-12H,13-14H2,1-2H3/t25-/m1/s1. The fourth-order valence-electron chi connectivity index (χ4n) is 2.52. The van der Waals surface area contributed by atoms with Gasteiger partial charge in [-0.05, 0) is 38.1 Å². The van der Waals surface area contributed by atoms with E-state index in [0.717, 1.165) is 5.57 Å². The molecule has 2 aromatic carbocycles. The fraction of sp³-hybridized carbons (Fsp3) is 0.200. The average Bonchev–Trinajstić information content (AvgIpc) is 2.65. The van der Waals surface area contributed by atoms with Gasteiger partial charge >= 0.3 is 0 Å². The molecular weight excluding hydrogens is 332 g/mol. The van der Waals surface area contributed by atoms with Gasteiger partial charge in [0.1, 0.15) is 0 Å². The van der Waals surface area contributed by atoms with Gasteiger partial charge in [-0.1, -0.05) is 47.5 Å². The molecular formula is C20H20N2O2S. The molecule has 2 amide bonds. The second kappa shape index (κ2) is 7.57. The van der Waals surface area contributed by atoms with E-state index >= 15 is 0 Å². The largest absolute Gasteiger partial charge is 0.284 e. The van der Waals surface area contributed by atoms with Crippen molar-refractivity contribution in [1.82, 2.24) is 4.31 Å². The number of hydrogen-bond donors (Lipinski definition) is 0. The molecule has 0 bridgehead atoms. The highest BCUT2D eigenvalue weighted by molar-refractivity contribution is 7.86. The van der Waals surface area contributed by atoms with Crippen LogP contribution in [0.4, 0.5) is 0 Å². The Labute approximate surface area is 150 Å². The first kappa shape index (κ1) is 17.3. The second-order valence-electron chi connectivity index (χ2n) is 6.02. The maximum atomic E-state index is 12.9. The Morgan fingerprint density at radius 2 is 1.44 bits per heavy atom. The van der Waals surface area contributed by atoms with Crippen LogP contribution in [0.15, 0.2) is 76.2 Å². The summed E-state index contributed by atoms with van der Waals surface area (Å²) in [7, 11) is -0.793. The molecule has 0 radical (unpaired) electrons. The topological polar surface area (TPSA) is 49.7 Å². The smallest absolute Gasteiger partial charge is 0.269 e. The summed E-state index contributed by atoms with van der Waals surface area (Å²) in [4.78, 5) is 25.4. The van der Waals surface area contributed by atoms with Crippen molar-refractivity contribution >= 4 is 22.7 Å². The summed E-state index contributed by atoms with van der Waals surface area (Å²) < 4.78 is 6.10. The number of rotatable bonds is 2. The third-order valence-corrected chi connectivity index (χ3v) is 6.04. The van der Waals surface area contributed by atoms with Crippen molar-refractivity contribution in [3.05, 3.63) is 82.9 Å². The van der Waals surface area contributed by atoms with Gasteiger partial charge in [0.25, 0.3) is 11.8 Å². The van der Waals surface area contributed by atoms with Gasteiger partial charge in [-0.15, -0.1) is 0 Å². The van der Waals surface area contributed by atoms with Crippen molar-refractivity contribution in [3.8, 4) is 0 Å². The Balaban J connectivity index is 1.95. The highest BCUT2D eigenvalue weighted by atomic mass is 32.2. The van der Waals surface area contributed by atoms with E-state index in [1.807, 2.05) is 50.2 Å². The molecule has 0 fully saturated rings. The van der Waals surface area contributed by atoms with Crippen LogP contribution in [0.5, 0.6) is 0 Å². The summed E-state index contributed by atoms with van der Waals surface area (Å²) >= 11 is 0. The molecule has 4 nitrogen and oxygen atoms in total. The number of benzene rings is 2. The second-order valence-corrected chi connectivity index (χ2v) is 7.61. The molecule has 0 N–H and O–H groups in total.